The number of aryl methyl sites for hydroxylation is 1. The van der Waals surface area contributed by atoms with Gasteiger partial charge in [0.15, 0.2) is 0 Å². The van der Waals surface area contributed by atoms with E-state index in [0.29, 0.717) is 5.69 Å². The first-order valence-corrected chi connectivity index (χ1v) is 12.3. The Bertz CT molecular complexity index is 1330. The van der Waals surface area contributed by atoms with Crippen molar-refractivity contribution in [1.82, 2.24) is 14.1 Å². The summed E-state index contributed by atoms with van der Waals surface area (Å²) in [6.07, 6.45) is 2.01. The first-order chi connectivity index (χ1) is 17.3. The van der Waals surface area contributed by atoms with E-state index in [-0.39, 0.29) is 37.8 Å². The van der Waals surface area contributed by atoms with Crippen LogP contribution in [0.4, 0.5) is 5.69 Å². The van der Waals surface area contributed by atoms with Gasteiger partial charge in [-0.2, -0.15) is 0 Å². The maximum absolute atomic E-state index is 13.4. The van der Waals surface area contributed by atoms with E-state index in [0.717, 1.165) is 34.3 Å². The second kappa shape index (κ2) is 12.7. The lowest BCUT2D eigenvalue weighted by atomic mass is 10.1. The Hall–Kier alpha value is -3.88. The fraction of sp³-hybridized carbons (Fsp3) is 0.407. The van der Waals surface area contributed by atoms with Crippen molar-refractivity contribution in [3.05, 3.63) is 86.2 Å². The van der Waals surface area contributed by atoms with E-state index >= 15 is 0 Å². The van der Waals surface area contributed by atoms with Crippen molar-refractivity contribution in [2.75, 3.05) is 6.61 Å². The predicted molar refractivity (Wildman–Crippen MR) is 138 cm³/mol. The highest BCUT2D eigenvalue weighted by atomic mass is 16.5. The summed E-state index contributed by atoms with van der Waals surface area (Å²) in [4.78, 5) is 45.2. The van der Waals surface area contributed by atoms with Gasteiger partial charge in [-0.15, -0.1) is 0 Å². The molecular weight excluding hydrogens is 460 g/mol. The van der Waals surface area contributed by atoms with Crippen LogP contribution >= 0.6 is 0 Å². The molecule has 0 fully saturated rings. The second-order valence-corrected chi connectivity index (χ2v) is 8.64. The molecule has 2 aromatic carbocycles. The molecule has 1 N–H and O–H groups in total. The van der Waals surface area contributed by atoms with Gasteiger partial charge in [0.05, 0.1) is 31.4 Å². The van der Waals surface area contributed by atoms with Crippen LogP contribution in [0.15, 0.2) is 63.1 Å². The van der Waals surface area contributed by atoms with Crippen molar-refractivity contribution >= 4 is 11.7 Å². The van der Waals surface area contributed by atoms with E-state index in [1.54, 1.807) is 19.1 Å². The molecule has 9 heteroatoms. The van der Waals surface area contributed by atoms with Crippen LogP contribution in [0.1, 0.15) is 51.2 Å². The number of aromatic amines is 1. The number of H-pyrrole nitrogens is 1. The molecule has 3 aromatic rings. The molecule has 0 aliphatic heterocycles. The molecule has 0 aliphatic carbocycles. The Morgan fingerprint density at radius 2 is 1.72 bits per heavy atom. The summed E-state index contributed by atoms with van der Waals surface area (Å²) in [7, 11) is 0. The van der Waals surface area contributed by atoms with Gasteiger partial charge in [0, 0.05) is 6.54 Å². The number of carbonyl (C=O) groups excluding carboxylic acids is 1. The smallest absolute Gasteiger partial charge is 0.335 e. The van der Waals surface area contributed by atoms with Crippen molar-refractivity contribution in [3.63, 3.8) is 0 Å². The van der Waals surface area contributed by atoms with Gasteiger partial charge in [-0.1, -0.05) is 43.2 Å². The first kappa shape index (κ1) is 26.7. The Morgan fingerprint density at radius 1 is 1.03 bits per heavy atom. The molecule has 0 bridgehead atoms. The first-order valence-electron chi connectivity index (χ1n) is 12.3. The minimum absolute atomic E-state index is 0.0875. The number of carbonyl (C=O) groups is 1. The average Bonchev–Trinajstić information content (AvgIpc) is 2.84. The molecule has 0 spiro atoms. The lowest BCUT2D eigenvalue weighted by molar-refractivity contribution is -0.143. The fourth-order valence-electron chi connectivity index (χ4n) is 3.71. The van der Waals surface area contributed by atoms with Gasteiger partial charge >= 0.3 is 17.3 Å². The summed E-state index contributed by atoms with van der Waals surface area (Å²) in [5, 5.41) is 0. The maximum atomic E-state index is 13.4. The van der Waals surface area contributed by atoms with Crippen LogP contribution < -0.4 is 21.7 Å². The van der Waals surface area contributed by atoms with Crippen LogP contribution in [0.5, 0.6) is 5.75 Å². The minimum atomic E-state index is -0.642. The Balaban J connectivity index is 2.00. The van der Waals surface area contributed by atoms with E-state index in [2.05, 4.69) is 16.9 Å². The zero-order valence-electron chi connectivity index (χ0n) is 21.3. The molecule has 9 nitrogen and oxygen atoms in total. The number of rotatable bonds is 11. The van der Waals surface area contributed by atoms with E-state index in [1.807, 2.05) is 50.2 Å². The number of esters is 1. The number of benzene rings is 2. The van der Waals surface area contributed by atoms with Crippen LogP contribution in [0.25, 0.3) is 0 Å². The summed E-state index contributed by atoms with van der Waals surface area (Å²) in [6, 6.07) is 14.9. The summed E-state index contributed by atoms with van der Waals surface area (Å²) >= 11 is 0. The second-order valence-electron chi connectivity index (χ2n) is 8.64. The van der Waals surface area contributed by atoms with E-state index < -0.39 is 17.3 Å². The van der Waals surface area contributed by atoms with Crippen LogP contribution in [0, 0.1) is 6.92 Å². The van der Waals surface area contributed by atoms with Crippen LogP contribution in [0.2, 0.25) is 0 Å². The topological polar surface area (TPSA) is 108 Å². The highest BCUT2D eigenvalue weighted by Gasteiger charge is 2.12. The molecular formula is C27H34N4O5. The normalized spacial score (nSPS) is 12.4. The number of aromatic nitrogens is 3. The molecule has 0 saturated heterocycles. The third-order valence-corrected chi connectivity index (χ3v) is 5.59. The molecule has 1 atom stereocenters. The lowest BCUT2D eigenvalue weighted by Gasteiger charge is -2.13. The van der Waals surface area contributed by atoms with Crippen LogP contribution in [-0.4, -0.2) is 32.8 Å². The molecule has 0 unspecified atom stereocenters. The van der Waals surface area contributed by atoms with Gasteiger partial charge < -0.3 is 9.47 Å². The Kier molecular flexibility index (Phi) is 9.44. The van der Waals surface area contributed by atoms with E-state index in [4.69, 9.17) is 9.47 Å². The summed E-state index contributed by atoms with van der Waals surface area (Å²) < 4.78 is 13.2. The molecule has 3 rings (SSSR count). The summed E-state index contributed by atoms with van der Waals surface area (Å²) in [5.41, 5.74) is 1.44. The third kappa shape index (κ3) is 7.31. The molecule has 0 radical (unpaired) electrons. The van der Waals surface area contributed by atoms with Gasteiger partial charge in [0.1, 0.15) is 5.75 Å². The van der Waals surface area contributed by atoms with Crippen molar-refractivity contribution in [2.45, 2.75) is 66.2 Å². The maximum Gasteiger partial charge on any atom is 0.335 e. The molecule has 0 saturated carbocycles. The minimum Gasteiger partial charge on any atom is -0.491 e. The zero-order valence-corrected chi connectivity index (χ0v) is 21.3. The SMILES string of the molecule is CCC[C@@H](C)Oc1ccc(/N=c2\[nH]c(=O)n(CCC(=O)OCC)c(=O)n2Cc2ccc(C)cc2)cc1. The Labute approximate surface area is 210 Å². The molecule has 0 amide bonds. The third-order valence-electron chi connectivity index (χ3n) is 5.59. The highest BCUT2D eigenvalue weighted by Crippen LogP contribution is 2.19. The van der Waals surface area contributed by atoms with Gasteiger partial charge in [0.25, 0.3) is 0 Å². The number of nitrogens with zero attached hydrogens (tertiary/aromatic N) is 3. The fourth-order valence-corrected chi connectivity index (χ4v) is 3.71. The molecule has 1 heterocycles. The summed E-state index contributed by atoms with van der Waals surface area (Å²) in [5.74, 6) is 0.253. The average molecular weight is 495 g/mol. The van der Waals surface area contributed by atoms with Crippen molar-refractivity contribution in [2.24, 2.45) is 4.99 Å². The molecule has 0 aliphatic rings. The largest absolute Gasteiger partial charge is 0.491 e. The quantitative estimate of drug-likeness (QED) is 0.411. The number of hydrogen-bond donors (Lipinski definition) is 1. The van der Waals surface area contributed by atoms with E-state index in [9.17, 15) is 14.4 Å². The van der Waals surface area contributed by atoms with Gasteiger partial charge in [0.2, 0.25) is 5.62 Å². The van der Waals surface area contributed by atoms with Crippen molar-refractivity contribution in [3.8, 4) is 5.75 Å². The number of ether oxygens (including phenoxy) is 2. The Morgan fingerprint density at radius 3 is 2.36 bits per heavy atom. The number of hydrogen-bond acceptors (Lipinski definition) is 6. The zero-order chi connectivity index (χ0) is 26.1. The highest BCUT2D eigenvalue weighted by molar-refractivity contribution is 5.69. The van der Waals surface area contributed by atoms with E-state index in [1.165, 1.54) is 4.57 Å². The number of nitrogens with one attached hydrogen (secondary N) is 1. The lowest BCUT2D eigenvalue weighted by Crippen LogP contribution is -2.50. The van der Waals surface area contributed by atoms with Gasteiger partial charge in [-0.3, -0.25) is 14.3 Å². The van der Waals surface area contributed by atoms with Crippen LogP contribution in [0.3, 0.4) is 0 Å². The van der Waals surface area contributed by atoms with Crippen molar-refractivity contribution in [1.29, 1.82) is 0 Å². The van der Waals surface area contributed by atoms with Crippen molar-refractivity contribution < 1.29 is 14.3 Å². The van der Waals surface area contributed by atoms with Crippen LogP contribution in [-0.2, 0) is 22.6 Å². The monoisotopic (exact) mass is 494 g/mol. The summed E-state index contributed by atoms with van der Waals surface area (Å²) in [6.45, 7) is 8.16. The molecule has 36 heavy (non-hydrogen) atoms. The molecule has 192 valence electrons. The van der Waals surface area contributed by atoms with Gasteiger partial charge in [-0.05, 0) is 57.0 Å². The van der Waals surface area contributed by atoms with Gasteiger partial charge in [-0.25, -0.2) is 19.1 Å². The predicted octanol–water partition coefficient (Wildman–Crippen LogP) is 3.45. The standard InChI is InChI=1S/C27H34N4O5/c1-5-7-20(4)36-23-14-12-22(13-15-23)28-25-29-26(33)30(17-16-24(32)35-6-2)27(34)31(25)18-21-10-8-19(3)9-11-21/h8-15,20H,5-7,16-18H2,1-4H3,(H,28,29,33)/t20-/m1/s1. The molecule has 1 aromatic heterocycles.